The Labute approximate surface area is 116 Å². The summed E-state index contributed by atoms with van der Waals surface area (Å²) in [5.41, 5.74) is 2.67. The van der Waals surface area contributed by atoms with Crippen LogP contribution in [0, 0.1) is 0 Å². The first-order chi connectivity index (χ1) is 9.11. The fourth-order valence-electron chi connectivity index (χ4n) is 2.74. The molecule has 0 N–H and O–H groups in total. The highest BCUT2D eigenvalue weighted by Crippen LogP contribution is 2.22. The van der Waals surface area contributed by atoms with E-state index in [1.807, 2.05) is 0 Å². The number of piperazine rings is 1. The van der Waals surface area contributed by atoms with Gasteiger partial charge in [0.25, 0.3) is 0 Å². The molecule has 0 bridgehead atoms. The van der Waals surface area contributed by atoms with Gasteiger partial charge in [0.15, 0.2) is 0 Å². The van der Waals surface area contributed by atoms with Crippen molar-refractivity contribution < 1.29 is 4.39 Å². The minimum atomic E-state index is -0.243. The minimum Gasteiger partial charge on any atom is -0.369 e. The molecule has 2 nitrogen and oxygen atoms in total. The van der Waals surface area contributed by atoms with Gasteiger partial charge >= 0.3 is 0 Å². The molecule has 106 valence electrons. The number of halogens is 1. The predicted octanol–water partition coefficient (Wildman–Crippen LogP) is 3.29. The lowest BCUT2D eigenvalue weighted by Crippen LogP contribution is -2.52. The zero-order valence-corrected chi connectivity index (χ0v) is 12.3. The van der Waals surface area contributed by atoms with Gasteiger partial charge < -0.3 is 4.90 Å². The maximum absolute atomic E-state index is 12.4. The Balaban J connectivity index is 2.00. The molecule has 3 heteroatoms. The van der Waals surface area contributed by atoms with E-state index in [4.69, 9.17) is 0 Å². The summed E-state index contributed by atoms with van der Waals surface area (Å²) in [5.74, 6) is 0.578. The number of rotatable bonds is 4. The van der Waals surface area contributed by atoms with Crippen LogP contribution in [0.3, 0.4) is 0 Å². The minimum absolute atomic E-state index is 0.243. The molecule has 1 aliphatic rings. The summed E-state index contributed by atoms with van der Waals surface area (Å²) in [7, 11) is 0. The number of hydrogen-bond donors (Lipinski definition) is 0. The molecule has 1 aliphatic heterocycles. The Morgan fingerprint density at radius 2 is 1.89 bits per heavy atom. The molecule has 1 aromatic carbocycles. The molecule has 1 atom stereocenters. The molecule has 1 aromatic rings. The molecular formula is C16H25FN2. The first-order valence-corrected chi connectivity index (χ1v) is 7.26. The molecule has 0 aromatic heterocycles. The van der Waals surface area contributed by atoms with E-state index in [9.17, 15) is 4.39 Å². The summed E-state index contributed by atoms with van der Waals surface area (Å²) in [6.45, 7) is 9.88. The van der Waals surface area contributed by atoms with Crippen LogP contribution in [0.1, 0.15) is 32.3 Å². The maximum atomic E-state index is 12.4. The van der Waals surface area contributed by atoms with Crippen LogP contribution in [0.15, 0.2) is 24.3 Å². The highest BCUT2D eigenvalue weighted by Gasteiger charge is 2.23. The van der Waals surface area contributed by atoms with Crippen LogP contribution in [0.25, 0.3) is 0 Å². The molecule has 1 unspecified atom stereocenters. The molecule has 2 rings (SSSR count). The van der Waals surface area contributed by atoms with E-state index >= 15 is 0 Å². The largest absolute Gasteiger partial charge is 0.369 e. The summed E-state index contributed by atoms with van der Waals surface area (Å²) < 4.78 is 12.4. The normalized spacial score (nSPS) is 21.1. The molecule has 1 saturated heterocycles. The lowest BCUT2D eigenvalue weighted by molar-refractivity contribution is 0.175. The van der Waals surface area contributed by atoms with E-state index in [-0.39, 0.29) is 6.67 Å². The quantitative estimate of drug-likeness (QED) is 0.823. The van der Waals surface area contributed by atoms with Gasteiger partial charge in [0.1, 0.15) is 6.67 Å². The van der Waals surface area contributed by atoms with Crippen LogP contribution in [-0.4, -0.2) is 43.8 Å². The third-order valence-corrected chi connectivity index (χ3v) is 4.06. The van der Waals surface area contributed by atoms with Gasteiger partial charge in [-0.1, -0.05) is 26.0 Å². The number of benzene rings is 1. The molecule has 1 heterocycles. The van der Waals surface area contributed by atoms with Crippen molar-refractivity contribution in [3.63, 3.8) is 0 Å². The van der Waals surface area contributed by atoms with Crippen molar-refractivity contribution in [3.8, 4) is 0 Å². The lowest BCUT2D eigenvalue weighted by Gasteiger charge is -2.40. The third-order valence-electron chi connectivity index (χ3n) is 4.06. The van der Waals surface area contributed by atoms with E-state index in [0.29, 0.717) is 18.5 Å². The second-order valence-corrected chi connectivity index (χ2v) is 5.77. The van der Waals surface area contributed by atoms with Crippen molar-refractivity contribution in [1.29, 1.82) is 0 Å². The van der Waals surface area contributed by atoms with Crippen molar-refractivity contribution in [2.24, 2.45) is 0 Å². The average molecular weight is 264 g/mol. The maximum Gasteiger partial charge on any atom is 0.102 e. The zero-order valence-electron chi connectivity index (χ0n) is 12.3. The molecule has 0 radical (unpaired) electrons. The van der Waals surface area contributed by atoms with Gasteiger partial charge in [-0.05, 0) is 30.5 Å². The van der Waals surface area contributed by atoms with Gasteiger partial charge in [-0.3, -0.25) is 4.90 Å². The molecule has 0 spiro atoms. The molecule has 0 saturated carbocycles. The second-order valence-electron chi connectivity index (χ2n) is 5.77. The Morgan fingerprint density at radius 3 is 2.42 bits per heavy atom. The topological polar surface area (TPSA) is 6.48 Å². The highest BCUT2D eigenvalue weighted by atomic mass is 19.1. The predicted molar refractivity (Wildman–Crippen MR) is 79.8 cm³/mol. The fraction of sp³-hybridized carbons (Fsp3) is 0.625. The van der Waals surface area contributed by atoms with Crippen molar-refractivity contribution in [3.05, 3.63) is 29.8 Å². The standard InChI is InChI=1S/C16H25FN2/c1-13(2)15-4-6-16(7-5-15)19-11-10-18(9-8-17)14(3)12-19/h4-7,13-14H,8-12H2,1-3H3. The zero-order chi connectivity index (χ0) is 13.8. The van der Waals surface area contributed by atoms with E-state index in [2.05, 4.69) is 54.8 Å². The summed E-state index contributed by atoms with van der Waals surface area (Å²) in [6.07, 6.45) is 0. The number of nitrogens with zero attached hydrogens (tertiary/aromatic N) is 2. The smallest absolute Gasteiger partial charge is 0.102 e. The monoisotopic (exact) mass is 264 g/mol. The van der Waals surface area contributed by atoms with Crippen LogP contribution < -0.4 is 4.90 Å². The van der Waals surface area contributed by atoms with Gasteiger partial charge in [0.2, 0.25) is 0 Å². The first kappa shape index (κ1) is 14.3. The van der Waals surface area contributed by atoms with Crippen molar-refractivity contribution in [2.45, 2.75) is 32.7 Å². The van der Waals surface area contributed by atoms with Crippen LogP contribution in [0.4, 0.5) is 10.1 Å². The van der Waals surface area contributed by atoms with E-state index < -0.39 is 0 Å². The molecule has 1 fully saturated rings. The summed E-state index contributed by atoms with van der Waals surface area (Å²) >= 11 is 0. The first-order valence-electron chi connectivity index (χ1n) is 7.26. The van der Waals surface area contributed by atoms with Gasteiger partial charge in [0.05, 0.1) is 0 Å². The molecular weight excluding hydrogens is 239 g/mol. The highest BCUT2D eigenvalue weighted by molar-refractivity contribution is 5.48. The summed E-state index contributed by atoms with van der Waals surface area (Å²) in [6, 6.07) is 9.30. The van der Waals surface area contributed by atoms with Crippen molar-refractivity contribution in [2.75, 3.05) is 37.8 Å². The van der Waals surface area contributed by atoms with Crippen LogP contribution in [-0.2, 0) is 0 Å². The van der Waals surface area contributed by atoms with E-state index in [0.717, 1.165) is 19.6 Å². The third kappa shape index (κ3) is 3.47. The van der Waals surface area contributed by atoms with Crippen LogP contribution in [0.5, 0.6) is 0 Å². The summed E-state index contributed by atoms with van der Waals surface area (Å²) in [5, 5.41) is 0. The SMILES string of the molecule is CC(C)c1ccc(N2CCN(CCF)C(C)C2)cc1. The van der Waals surface area contributed by atoms with Crippen molar-refractivity contribution >= 4 is 5.69 Å². The van der Waals surface area contributed by atoms with Gasteiger partial charge in [-0.25, -0.2) is 4.39 Å². The lowest BCUT2D eigenvalue weighted by atomic mass is 10.0. The van der Waals surface area contributed by atoms with Gasteiger partial charge in [0, 0.05) is 37.9 Å². The summed E-state index contributed by atoms with van der Waals surface area (Å²) in [4.78, 5) is 4.64. The average Bonchev–Trinajstić information content (AvgIpc) is 2.41. The van der Waals surface area contributed by atoms with Crippen molar-refractivity contribution in [1.82, 2.24) is 4.90 Å². The van der Waals surface area contributed by atoms with Gasteiger partial charge in [-0.2, -0.15) is 0 Å². The van der Waals surface area contributed by atoms with Gasteiger partial charge in [-0.15, -0.1) is 0 Å². The number of hydrogen-bond acceptors (Lipinski definition) is 2. The molecule has 19 heavy (non-hydrogen) atoms. The van der Waals surface area contributed by atoms with E-state index in [1.54, 1.807) is 0 Å². The Hall–Kier alpha value is -1.09. The van der Waals surface area contributed by atoms with E-state index in [1.165, 1.54) is 11.3 Å². The molecule has 0 aliphatic carbocycles. The Bertz CT molecular complexity index is 388. The Kier molecular flexibility index (Phi) is 4.81. The Morgan fingerprint density at radius 1 is 1.21 bits per heavy atom. The number of alkyl halides is 1. The molecule has 0 amide bonds. The second kappa shape index (κ2) is 6.38. The number of anilines is 1. The fourth-order valence-corrected chi connectivity index (χ4v) is 2.74. The van der Waals surface area contributed by atoms with Crippen LogP contribution >= 0.6 is 0 Å². The van der Waals surface area contributed by atoms with Crippen LogP contribution in [0.2, 0.25) is 0 Å².